The Balaban J connectivity index is 1.33. The Hall–Kier alpha value is -3.23. The zero-order valence-electron chi connectivity index (χ0n) is 20.7. The lowest BCUT2D eigenvalue weighted by atomic mass is 9.90. The monoisotopic (exact) mass is 525 g/mol. The summed E-state index contributed by atoms with van der Waals surface area (Å²) in [5.74, 6) is -1.19. The maximum atomic E-state index is 13.5. The van der Waals surface area contributed by atoms with E-state index in [0.717, 1.165) is 24.8 Å². The van der Waals surface area contributed by atoms with E-state index in [0.29, 0.717) is 66.8 Å². The van der Waals surface area contributed by atoms with E-state index in [2.05, 4.69) is 0 Å². The van der Waals surface area contributed by atoms with Crippen LogP contribution in [-0.4, -0.2) is 71.4 Å². The minimum atomic E-state index is -0.602. The predicted molar refractivity (Wildman–Crippen MR) is 138 cm³/mol. The zero-order valence-corrected chi connectivity index (χ0v) is 21.5. The molecule has 0 radical (unpaired) electrons. The van der Waals surface area contributed by atoms with Crippen LogP contribution in [0.4, 0.5) is 4.39 Å². The third kappa shape index (κ3) is 5.26. The molecule has 2 aliphatic heterocycles. The molecule has 37 heavy (non-hydrogen) atoms. The number of amides is 2. The van der Waals surface area contributed by atoms with Gasteiger partial charge >= 0.3 is 0 Å². The molecule has 1 aromatic heterocycles. The van der Waals surface area contributed by atoms with Gasteiger partial charge in [-0.2, -0.15) is 0 Å². The highest BCUT2D eigenvalue weighted by atomic mass is 35.5. The third-order valence-corrected chi connectivity index (χ3v) is 7.70. The SMILES string of the molecule is Cn1cc(C(=O)C(=O)N2CCOCC2)c2cc(C(=O)N3CCC(Cc4ccc(F)cc4)CC3)c(Cl)cc21. The summed E-state index contributed by atoms with van der Waals surface area (Å²) in [7, 11) is 1.78. The second kappa shape index (κ2) is 10.6. The van der Waals surface area contributed by atoms with Crippen molar-refractivity contribution in [3.63, 3.8) is 0 Å². The highest BCUT2D eigenvalue weighted by molar-refractivity contribution is 6.45. The Bertz CT molecular complexity index is 1340. The summed E-state index contributed by atoms with van der Waals surface area (Å²) >= 11 is 6.55. The van der Waals surface area contributed by atoms with Crippen LogP contribution in [0.25, 0.3) is 10.9 Å². The average molecular weight is 526 g/mol. The summed E-state index contributed by atoms with van der Waals surface area (Å²) in [5, 5.41) is 0.846. The molecular weight excluding hydrogens is 497 g/mol. The summed E-state index contributed by atoms with van der Waals surface area (Å²) in [4.78, 5) is 42.8. The number of carbonyl (C=O) groups is 3. The van der Waals surface area contributed by atoms with E-state index in [1.165, 1.54) is 17.0 Å². The number of halogens is 2. The van der Waals surface area contributed by atoms with Crippen LogP contribution >= 0.6 is 11.6 Å². The Morgan fingerprint density at radius 2 is 1.65 bits per heavy atom. The molecule has 0 aliphatic carbocycles. The number of ether oxygens (including phenoxy) is 1. The van der Waals surface area contributed by atoms with E-state index in [4.69, 9.17) is 16.3 Å². The van der Waals surface area contributed by atoms with E-state index in [1.807, 2.05) is 12.1 Å². The molecule has 0 atom stereocenters. The lowest BCUT2D eigenvalue weighted by Crippen LogP contribution is -2.44. The van der Waals surface area contributed by atoms with Crippen LogP contribution in [0.1, 0.15) is 39.1 Å². The fourth-order valence-corrected chi connectivity index (χ4v) is 5.48. The first kappa shape index (κ1) is 25.4. The molecule has 3 aromatic rings. The van der Waals surface area contributed by atoms with Gasteiger partial charge in [-0.15, -0.1) is 0 Å². The Labute approximate surface area is 219 Å². The van der Waals surface area contributed by atoms with Gasteiger partial charge in [0.1, 0.15) is 5.82 Å². The number of rotatable bonds is 5. The summed E-state index contributed by atoms with van der Waals surface area (Å²) in [6.07, 6.45) is 4.15. The summed E-state index contributed by atoms with van der Waals surface area (Å²) in [6.45, 7) is 2.75. The molecule has 0 saturated carbocycles. The molecule has 5 rings (SSSR count). The zero-order chi connectivity index (χ0) is 26.1. The molecule has 194 valence electrons. The van der Waals surface area contributed by atoms with E-state index < -0.39 is 11.7 Å². The molecule has 2 amide bonds. The maximum absolute atomic E-state index is 13.5. The number of piperidine rings is 1. The van der Waals surface area contributed by atoms with Gasteiger partial charge < -0.3 is 19.1 Å². The van der Waals surface area contributed by atoms with Gasteiger partial charge in [0.2, 0.25) is 0 Å². The number of carbonyl (C=O) groups excluding carboxylic acids is 3. The molecule has 0 N–H and O–H groups in total. The third-order valence-electron chi connectivity index (χ3n) is 7.39. The van der Waals surface area contributed by atoms with Gasteiger partial charge in [0.05, 0.1) is 34.9 Å². The molecule has 2 saturated heterocycles. The minimum Gasteiger partial charge on any atom is -0.378 e. The quantitative estimate of drug-likeness (QED) is 0.371. The second-order valence-electron chi connectivity index (χ2n) is 9.80. The lowest BCUT2D eigenvalue weighted by Gasteiger charge is -2.32. The van der Waals surface area contributed by atoms with Crippen molar-refractivity contribution in [3.05, 3.63) is 70.1 Å². The first-order chi connectivity index (χ1) is 17.8. The number of ketones is 1. The Morgan fingerprint density at radius 3 is 2.32 bits per heavy atom. The van der Waals surface area contributed by atoms with Gasteiger partial charge in [0.25, 0.3) is 17.6 Å². The molecule has 0 spiro atoms. The largest absolute Gasteiger partial charge is 0.378 e. The number of Topliss-reactive ketones (excluding diaryl/α,β-unsaturated/α-hetero) is 1. The fourth-order valence-electron chi connectivity index (χ4n) is 5.24. The first-order valence-electron chi connectivity index (χ1n) is 12.6. The van der Waals surface area contributed by atoms with Crippen molar-refractivity contribution in [2.45, 2.75) is 19.3 Å². The van der Waals surface area contributed by atoms with Crippen molar-refractivity contribution in [1.29, 1.82) is 0 Å². The lowest BCUT2D eigenvalue weighted by molar-refractivity contribution is -0.130. The highest BCUT2D eigenvalue weighted by Gasteiger charge is 2.30. The Morgan fingerprint density at radius 1 is 0.973 bits per heavy atom. The van der Waals surface area contributed by atoms with Crippen molar-refractivity contribution in [3.8, 4) is 0 Å². The summed E-state index contributed by atoms with van der Waals surface area (Å²) in [6, 6.07) is 9.90. The fraction of sp³-hybridized carbons (Fsp3) is 0.393. The van der Waals surface area contributed by atoms with Gasteiger partial charge in [-0.05, 0) is 55.0 Å². The van der Waals surface area contributed by atoms with Crippen LogP contribution in [0.15, 0.2) is 42.6 Å². The molecule has 3 heterocycles. The van der Waals surface area contributed by atoms with E-state index in [1.54, 1.807) is 34.8 Å². The Kier molecular flexibility index (Phi) is 7.31. The molecule has 2 aliphatic rings. The second-order valence-corrected chi connectivity index (χ2v) is 10.2. The normalized spacial score (nSPS) is 16.8. The van der Waals surface area contributed by atoms with Crippen molar-refractivity contribution in [2.24, 2.45) is 13.0 Å². The summed E-state index contributed by atoms with van der Waals surface area (Å²) < 4.78 is 20.2. The standard InChI is InChI=1S/C28H29ClFN3O4/c1-31-17-23(26(34)28(36)33-10-12-37-13-11-33)21-15-22(24(29)16-25(21)31)27(35)32-8-6-19(7-9-32)14-18-2-4-20(30)5-3-18/h2-5,15-17,19H,6-14H2,1H3. The van der Waals surface area contributed by atoms with E-state index in [-0.39, 0.29) is 17.3 Å². The number of hydrogen-bond donors (Lipinski definition) is 0. The molecule has 0 unspecified atom stereocenters. The molecule has 9 heteroatoms. The molecule has 7 nitrogen and oxygen atoms in total. The highest BCUT2D eigenvalue weighted by Crippen LogP contribution is 2.31. The van der Waals surface area contributed by atoms with Crippen LogP contribution < -0.4 is 0 Å². The van der Waals surface area contributed by atoms with Crippen molar-refractivity contribution in [2.75, 3.05) is 39.4 Å². The summed E-state index contributed by atoms with van der Waals surface area (Å²) in [5.41, 5.74) is 2.35. The molecule has 2 fully saturated rings. The number of likely N-dealkylation sites (tertiary alicyclic amines) is 1. The molecule has 0 bridgehead atoms. The number of benzene rings is 2. The number of aryl methyl sites for hydroxylation is 1. The van der Waals surface area contributed by atoms with E-state index in [9.17, 15) is 18.8 Å². The maximum Gasteiger partial charge on any atom is 0.295 e. The van der Waals surface area contributed by atoms with E-state index >= 15 is 0 Å². The smallest absolute Gasteiger partial charge is 0.295 e. The van der Waals surface area contributed by atoms with Gasteiger partial charge in [0, 0.05) is 44.8 Å². The van der Waals surface area contributed by atoms with Gasteiger partial charge in [-0.25, -0.2) is 4.39 Å². The number of aromatic nitrogens is 1. The van der Waals surface area contributed by atoms with Crippen LogP contribution in [0.5, 0.6) is 0 Å². The molecule has 2 aromatic carbocycles. The first-order valence-corrected chi connectivity index (χ1v) is 12.9. The minimum absolute atomic E-state index is 0.186. The van der Waals surface area contributed by atoms with Crippen molar-refractivity contribution in [1.82, 2.24) is 14.4 Å². The van der Waals surface area contributed by atoms with Crippen molar-refractivity contribution >= 4 is 40.1 Å². The number of hydrogen-bond acceptors (Lipinski definition) is 4. The van der Waals surface area contributed by atoms with Crippen LogP contribution in [0, 0.1) is 11.7 Å². The number of nitrogens with zero attached hydrogens (tertiary/aromatic N) is 3. The predicted octanol–water partition coefficient (Wildman–Crippen LogP) is 4.11. The van der Waals surface area contributed by atoms with Gasteiger partial charge in [-0.1, -0.05) is 23.7 Å². The number of morpholine rings is 1. The molecular formula is C28H29ClFN3O4. The van der Waals surface area contributed by atoms with Gasteiger partial charge in [0.15, 0.2) is 0 Å². The number of fused-ring (bicyclic) bond motifs is 1. The topological polar surface area (TPSA) is 71.9 Å². The van der Waals surface area contributed by atoms with Crippen LogP contribution in [-0.2, 0) is 23.0 Å². The van der Waals surface area contributed by atoms with Crippen molar-refractivity contribution < 1.29 is 23.5 Å². The van der Waals surface area contributed by atoms with Crippen LogP contribution in [0.2, 0.25) is 5.02 Å². The van der Waals surface area contributed by atoms with Gasteiger partial charge in [-0.3, -0.25) is 14.4 Å². The average Bonchev–Trinajstić information content (AvgIpc) is 3.24. The van der Waals surface area contributed by atoms with Crippen LogP contribution in [0.3, 0.4) is 0 Å².